The van der Waals surface area contributed by atoms with E-state index >= 15 is 0 Å². The molecular formula is C26H30F3N5O3S. The van der Waals surface area contributed by atoms with E-state index in [2.05, 4.69) is 32.4 Å². The minimum Gasteiger partial charge on any atom is -0.495 e. The summed E-state index contributed by atoms with van der Waals surface area (Å²) in [6.45, 7) is 0.954. The summed E-state index contributed by atoms with van der Waals surface area (Å²) in [4.78, 5) is 6.72. The second kappa shape index (κ2) is 10.8. The number of alkyl halides is 3. The number of pyridine rings is 1. The predicted octanol–water partition coefficient (Wildman–Crippen LogP) is 3.28. The maximum Gasteiger partial charge on any atom is 0.394 e. The number of hydrogen-bond acceptors (Lipinski definition) is 7. The molecule has 38 heavy (non-hydrogen) atoms. The quantitative estimate of drug-likeness (QED) is 0.417. The number of likely N-dealkylation sites (N-methyl/N-ethyl adjacent to an activating group) is 1. The number of imidazole rings is 1. The van der Waals surface area contributed by atoms with Crippen molar-refractivity contribution in [2.75, 3.05) is 45.9 Å². The molecule has 0 aliphatic carbocycles. The Morgan fingerprint density at radius 3 is 2.66 bits per heavy atom. The standard InChI is InChI=1S/C26H30F3N5O3S/c1-33(2)16-17-13-22(31-17)19-7-6-12-34-23(15-26(27,28)29)20(32-25(19)34)8-5-11-30-21-10-9-18(38(4,35)36)14-24(21)37-3/h6-7,9-10,12,14,17,22,30-31H,11,13,15-16H2,1-4H3/t17-,22-/m1/s1. The van der Waals surface area contributed by atoms with Crippen molar-refractivity contribution in [1.29, 1.82) is 0 Å². The molecule has 3 heterocycles. The van der Waals surface area contributed by atoms with E-state index in [-0.39, 0.29) is 28.9 Å². The zero-order valence-electron chi connectivity index (χ0n) is 21.6. The molecule has 0 saturated carbocycles. The highest BCUT2D eigenvalue weighted by molar-refractivity contribution is 7.90. The van der Waals surface area contributed by atoms with Crippen LogP contribution in [0.15, 0.2) is 41.4 Å². The zero-order chi connectivity index (χ0) is 27.7. The van der Waals surface area contributed by atoms with Crippen LogP contribution in [0.5, 0.6) is 5.75 Å². The average Bonchev–Trinajstić information content (AvgIpc) is 3.14. The van der Waals surface area contributed by atoms with Gasteiger partial charge in [-0.1, -0.05) is 12.0 Å². The van der Waals surface area contributed by atoms with E-state index in [0.29, 0.717) is 23.1 Å². The summed E-state index contributed by atoms with van der Waals surface area (Å²) >= 11 is 0. The van der Waals surface area contributed by atoms with Crippen molar-refractivity contribution in [3.05, 3.63) is 53.5 Å². The molecule has 204 valence electrons. The average molecular weight is 550 g/mol. The molecule has 1 aromatic carbocycles. The van der Waals surface area contributed by atoms with Crippen molar-refractivity contribution >= 4 is 21.2 Å². The Bertz CT molecular complexity index is 1480. The summed E-state index contributed by atoms with van der Waals surface area (Å²) in [6, 6.07) is 8.33. The van der Waals surface area contributed by atoms with Crippen LogP contribution in [-0.4, -0.2) is 75.5 Å². The number of nitrogens with zero attached hydrogens (tertiary/aromatic N) is 3. The Labute approximate surface area is 220 Å². The lowest BCUT2D eigenvalue weighted by molar-refractivity contribution is -0.128. The molecule has 3 aromatic rings. The van der Waals surface area contributed by atoms with Gasteiger partial charge in [0.1, 0.15) is 17.1 Å². The van der Waals surface area contributed by atoms with Crippen LogP contribution in [0.25, 0.3) is 5.65 Å². The fourth-order valence-corrected chi connectivity index (χ4v) is 5.15. The lowest BCUT2D eigenvalue weighted by atomic mass is 9.91. The molecule has 4 rings (SSSR count). The molecule has 12 heteroatoms. The van der Waals surface area contributed by atoms with Crippen LogP contribution in [-0.2, 0) is 16.3 Å². The van der Waals surface area contributed by atoms with E-state index in [4.69, 9.17) is 4.74 Å². The molecule has 1 aliphatic heterocycles. The first kappa shape index (κ1) is 27.8. The minimum absolute atomic E-state index is 0.00892. The molecule has 1 aliphatic rings. The second-order valence-corrected chi connectivity index (χ2v) is 11.6. The molecule has 1 fully saturated rings. The number of benzene rings is 1. The highest BCUT2D eigenvalue weighted by Gasteiger charge is 2.34. The van der Waals surface area contributed by atoms with Gasteiger partial charge in [-0.05, 0) is 44.6 Å². The maximum absolute atomic E-state index is 13.5. The van der Waals surface area contributed by atoms with Gasteiger partial charge in [0.2, 0.25) is 0 Å². The number of nitrogens with one attached hydrogen (secondary N) is 2. The van der Waals surface area contributed by atoms with Gasteiger partial charge >= 0.3 is 6.18 Å². The Balaban J connectivity index is 1.59. The number of anilines is 1. The maximum atomic E-state index is 13.5. The van der Waals surface area contributed by atoms with Crippen LogP contribution < -0.4 is 15.4 Å². The van der Waals surface area contributed by atoms with Gasteiger partial charge in [-0.3, -0.25) is 0 Å². The third kappa shape index (κ3) is 6.40. The largest absolute Gasteiger partial charge is 0.495 e. The zero-order valence-corrected chi connectivity index (χ0v) is 22.4. The smallest absolute Gasteiger partial charge is 0.394 e. The number of sulfone groups is 1. The number of fused-ring (bicyclic) bond motifs is 1. The van der Waals surface area contributed by atoms with Gasteiger partial charge in [0.05, 0.1) is 36.4 Å². The Hall–Kier alpha value is -3.27. The molecular weight excluding hydrogens is 519 g/mol. The number of halogens is 3. The number of ether oxygens (including phenoxy) is 1. The molecule has 0 bridgehead atoms. The Morgan fingerprint density at radius 2 is 2.03 bits per heavy atom. The van der Waals surface area contributed by atoms with Crippen LogP contribution >= 0.6 is 0 Å². The van der Waals surface area contributed by atoms with Gasteiger partial charge < -0.3 is 24.7 Å². The highest BCUT2D eigenvalue weighted by Crippen LogP contribution is 2.33. The SMILES string of the molecule is COc1cc(S(C)(=O)=O)ccc1NCC#Cc1nc2c([C@H]3C[C@H](CN(C)C)N3)cccn2c1CC(F)(F)F. The van der Waals surface area contributed by atoms with Gasteiger partial charge in [0, 0.05) is 42.7 Å². The monoisotopic (exact) mass is 549 g/mol. The van der Waals surface area contributed by atoms with E-state index in [1.165, 1.54) is 23.6 Å². The Kier molecular flexibility index (Phi) is 7.92. The first-order valence-corrected chi connectivity index (χ1v) is 13.8. The van der Waals surface area contributed by atoms with E-state index in [1.54, 1.807) is 18.3 Å². The van der Waals surface area contributed by atoms with Gasteiger partial charge in [-0.15, -0.1) is 0 Å². The minimum atomic E-state index is -4.43. The third-order valence-electron chi connectivity index (χ3n) is 6.24. The molecule has 2 atom stereocenters. The number of methoxy groups -OCH3 is 1. The van der Waals surface area contributed by atoms with Crippen LogP contribution in [0.4, 0.5) is 18.9 Å². The first-order chi connectivity index (χ1) is 17.9. The summed E-state index contributed by atoms with van der Waals surface area (Å²) < 4.78 is 70.7. The fourth-order valence-electron chi connectivity index (χ4n) is 4.51. The molecule has 0 unspecified atom stereocenters. The second-order valence-electron chi connectivity index (χ2n) is 9.56. The third-order valence-corrected chi connectivity index (χ3v) is 7.35. The van der Waals surface area contributed by atoms with Crippen LogP contribution in [0.1, 0.15) is 29.4 Å². The predicted molar refractivity (Wildman–Crippen MR) is 139 cm³/mol. The summed E-state index contributed by atoms with van der Waals surface area (Å²) in [5.74, 6) is 5.95. The highest BCUT2D eigenvalue weighted by atomic mass is 32.2. The van der Waals surface area contributed by atoms with E-state index in [0.717, 1.165) is 24.8 Å². The van der Waals surface area contributed by atoms with Crippen molar-refractivity contribution in [1.82, 2.24) is 19.6 Å². The molecule has 2 N–H and O–H groups in total. The Morgan fingerprint density at radius 1 is 1.29 bits per heavy atom. The first-order valence-electron chi connectivity index (χ1n) is 11.9. The fraction of sp³-hybridized carbons (Fsp3) is 0.423. The van der Waals surface area contributed by atoms with Crippen molar-refractivity contribution in [3.63, 3.8) is 0 Å². The topological polar surface area (TPSA) is 88.0 Å². The summed E-state index contributed by atoms with van der Waals surface area (Å²) in [5, 5.41) is 6.50. The van der Waals surface area contributed by atoms with Gasteiger partial charge in [0.25, 0.3) is 0 Å². The van der Waals surface area contributed by atoms with Crippen LogP contribution in [0.3, 0.4) is 0 Å². The summed E-state index contributed by atoms with van der Waals surface area (Å²) in [5.41, 5.74) is 1.86. The molecule has 0 amide bonds. The van der Waals surface area contributed by atoms with Crippen molar-refractivity contribution < 1.29 is 26.3 Å². The van der Waals surface area contributed by atoms with Crippen molar-refractivity contribution in [2.24, 2.45) is 0 Å². The van der Waals surface area contributed by atoms with Gasteiger partial charge in [-0.2, -0.15) is 13.2 Å². The van der Waals surface area contributed by atoms with E-state index < -0.39 is 22.4 Å². The van der Waals surface area contributed by atoms with Crippen LogP contribution in [0, 0.1) is 11.8 Å². The van der Waals surface area contributed by atoms with Crippen molar-refractivity contribution in [2.45, 2.75) is 36.0 Å². The summed E-state index contributed by atoms with van der Waals surface area (Å²) in [7, 11) is 1.99. The normalized spacial score (nSPS) is 17.7. The van der Waals surface area contributed by atoms with Gasteiger partial charge in [-0.25, -0.2) is 13.4 Å². The molecule has 1 saturated heterocycles. The van der Waals surface area contributed by atoms with E-state index in [1.807, 2.05) is 20.2 Å². The number of hydrogen-bond donors (Lipinski definition) is 2. The summed E-state index contributed by atoms with van der Waals surface area (Å²) in [6.07, 6.45) is -2.04. The van der Waals surface area contributed by atoms with E-state index in [9.17, 15) is 21.6 Å². The lowest BCUT2D eigenvalue weighted by Gasteiger charge is -2.39. The molecule has 0 spiro atoms. The molecule has 2 aromatic heterocycles. The van der Waals surface area contributed by atoms with Crippen LogP contribution in [0.2, 0.25) is 0 Å². The molecule has 8 nitrogen and oxygen atoms in total. The van der Waals surface area contributed by atoms with Gasteiger partial charge in [0.15, 0.2) is 9.84 Å². The molecule has 0 radical (unpaired) electrons. The van der Waals surface area contributed by atoms with Crippen molar-refractivity contribution in [3.8, 4) is 17.6 Å². The number of aromatic nitrogens is 2. The number of rotatable bonds is 8. The lowest BCUT2D eigenvalue weighted by Crippen LogP contribution is -2.51.